The van der Waals surface area contributed by atoms with E-state index in [4.69, 9.17) is 21.1 Å². The van der Waals surface area contributed by atoms with Gasteiger partial charge in [-0.2, -0.15) is 0 Å². The molecule has 0 fully saturated rings. The molecular weight excluding hydrogens is 438 g/mol. The van der Waals surface area contributed by atoms with E-state index in [-0.39, 0.29) is 24.5 Å². The van der Waals surface area contributed by atoms with Crippen LogP contribution in [0.3, 0.4) is 0 Å². The third kappa shape index (κ3) is 4.08. The van der Waals surface area contributed by atoms with E-state index in [9.17, 15) is 9.59 Å². The van der Waals surface area contributed by atoms with Crippen molar-refractivity contribution in [1.29, 1.82) is 0 Å². The Morgan fingerprint density at radius 1 is 1.13 bits per heavy atom. The number of benzene rings is 2. The average Bonchev–Trinajstić information content (AvgIpc) is 3.47. The molecule has 1 aliphatic heterocycles. The van der Waals surface area contributed by atoms with Crippen LogP contribution in [0.25, 0.3) is 0 Å². The van der Waals surface area contributed by atoms with Crippen LogP contribution in [0, 0.1) is 0 Å². The summed E-state index contributed by atoms with van der Waals surface area (Å²) in [6, 6.07) is 12.3. The molecule has 158 valence electrons. The number of aryl methyl sites for hydroxylation is 1. The molecule has 2 amide bonds. The second kappa shape index (κ2) is 8.20. The van der Waals surface area contributed by atoms with Crippen LogP contribution in [0.15, 0.2) is 42.5 Å². The molecule has 0 saturated carbocycles. The predicted octanol–water partition coefficient (Wildman–Crippen LogP) is 4.12. The number of carbonyl (C=O) groups excluding carboxylic acids is 2. The number of hydrogen-bond acceptors (Lipinski definition) is 6. The Kier molecular flexibility index (Phi) is 5.25. The Balaban J connectivity index is 1.23. The van der Waals surface area contributed by atoms with E-state index >= 15 is 0 Å². The number of halogens is 1. The summed E-state index contributed by atoms with van der Waals surface area (Å²) in [5.74, 6) is 0.758. The molecule has 0 bridgehead atoms. The summed E-state index contributed by atoms with van der Waals surface area (Å²) in [6.07, 6.45) is 1.48. The second-order valence-electron chi connectivity index (χ2n) is 7.29. The summed E-state index contributed by atoms with van der Waals surface area (Å²) < 4.78 is 10.7. The van der Waals surface area contributed by atoms with Crippen molar-refractivity contribution >= 4 is 39.9 Å². The first-order chi connectivity index (χ1) is 15.1. The quantitative estimate of drug-likeness (QED) is 0.604. The lowest BCUT2D eigenvalue weighted by atomic mass is 10.1. The van der Waals surface area contributed by atoms with Crippen molar-refractivity contribution < 1.29 is 19.1 Å². The summed E-state index contributed by atoms with van der Waals surface area (Å²) in [6.45, 7) is 0.613. The standard InChI is InChI=1S/C22H18ClN3O4S/c23-14-4-2-13(3-5-14)20(27)26-22-25-19-15(6-8-18(19)31-22)21(28)24-10-12-1-7-16-17(9-12)30-11-29-16/h1-5,7,9,15H,6,8,10-11H2,(H,24,28)(H,25,26,27). The van der Waals surface area contributed by atoms with Gasteiger partial charge in [0.1, 0.15) is 0 Å². The van der Waals surface area contributed by atoms with E-state index in [2.05, 4.69) is 15.6 Å². The third-order valence-corrected chi connectivity index (χ3v) is 6.56. The van der Waals surface area contributed by atoms with Crippen molar-refractivity contribution in [3.63, 3.8) is 0 Å². The van der Waals surface area contributed by atoms with Crippen LogP contribution in [0.2, 0.25) is 5.02 Å². The number of ether oxygens (including phenoxy) is 2. The minimum atomic E-state index is -0.318. The molecule has 5 rings (SSSR count). The fourth-order valence-corrected chi connectivity index (χ4v) is 4.83. The topological polar surface area (TPSA) is 89.6 Å². The van der Waals surface area contributed by atoms with E-state index in [1.54, 1.807) is 24.3 Å². The van der Waals surface area contributed by atoms with Gasteiger partial charge in [0.05, 0.1) is 11.6 Å². The molecular formula is C22H18ClN3O4S. The van der Waals surface area contributed by atoms with Gasteiger partial charge in [-0.05, 0) is 54.8 Å². The van der Waals surface area contributed by atoms with Gasteiger partial charge in [-0.1, -0.05) is 17.7 Å². The van der Waals surface area contributed by atoms with E-state index in [0.29, 0.717) is 40.2 Å². The normalized spacial score (nSPS) is 16.1. The highest BCUT2D eigenvalue weighted by atomic mass is 35.5. The maximum absolute atomic E-state index is 12.8. The molecule has 2 N–H and O–H groups in total. The maximum Gasteiger partial charge on any atom is 0.257 e. The van der Waals surface area contributed by atoms with Gasteiger partial charge in [-0.3, -0.25) is 14.9 Å². The van der Waals surface area contributed by atoms with Gasteiger partial charge in [-0.15, -0.1) is 11.3 Å². The van der Waals surface area contributed by atoms with Crippen molar-refractivity contribution in [2.75, 3.05) is 12.1 Å². The van der Waals surface area contributed by atoms with Crippen molar-refractivity contribution in [2.24, 2.45) is 0 Å². The smallest absolute Gasteiger partial charge is 0.257 e. The molecule has 1 unspecified atom stereocenters. The summed E-state index contributed by atoms with van der Waals surface area (Å²) >= 11 is 7.29. The molecule has 0 saturated heterocycles. The summed E-state index contributed by atoms with van der Waals surface area (Å²) in [5.41, 5.74) is 2.18. The Labute approximate surface area is 187 Å². The fourth-order valence-electron chi connectivity index (χ4n) is 3.67. The molecule has 2 aliphatic rings. The van der Waals surface area contributed by atoms with Gasteiger partial charge in [-0.25, -0.2) is 4.98 Å². The minimum Gasteiger partial charge on any atom is -0.454 e. The van der Waals surface area contributed by atoms with Crippen LogP contribution in [-0.4, -0.2) is 23.6 Å². The third-order valence-electron chi connectivity index (χ3n) is 5.26. The summed E-state index contributed by atoms with van der Waals surface area (Å²) in [4.78, 5) is 30.8. The lowest BCUT2D eigenvalue weighted by Gasteiger charge is -2.11. The zero-order chi connectivity index (χ0) is 21.4. The van der Waals surface area contributed by atoms with Gasteiger partial charge in [0, 0.05) is 22.0 Å². The number of aromatic nitrogens is 1. The van der Waals surface area contributed by atoms with Gasteiger partial charge in [0.25, 0.3) is 5.91 Å². The van der Waals surface area contributed by atoms with Crippen molar-refractivity contribution in [3.05, 3.63) is 69.2 Å². The summed E-state index contributed by atoms with van der Waals surface area (Å²) in [7, 11) is 0. The highest BCUT2D eigenvalue weighted by Crippen LogP contribution is 2.39. The number of rotatable bonds is 5. The Morgan fingerprint density at radius 2 is 1.94 bits per heavy atom. The Morgan fingerprint density at radius 3 is 2.77 bits per heavy atom. The molecule has 31 heavy (non-hydrogen) atoms. The first-order valence-electron chi connectivity index (χ1n) is 9.79. The number of amides is 2. The van der Waals surface area contributed by atoms with E-state index < -0.39 is 0 Å². The van der Waals surface area contributed by atoms with E-state index in [1.807, 2.05) is 18.2 Å². The van der Waals surface area contributed by atoms with E-state index in [1.165, 1.54) is 11.3 Å². The van der Waals surface area contributed by atoms with Gasteiger partial charge >= 0.3 is 0 Å². The van der Waals surface area contributed by atoms with Crippen molar-refractivity contribution in [1.82, 2.24) is 10.3 Å². The number of anilines is 1. The van der Waals surface area contributed by atoms with Crippen LogP contribution < -0.4 is 20.1 Å². The second-order valence-corrected chi connectivity index (χ2v) is 8.81. The molecule has 0 radical (unpaired) electrons. The van der Waals surface area contributed by atoms with Crippen LogP contribution in [0.1, 0.15) is 38.8 Å². The van der Waals surface area contributed by atoms with Gasteiger partial charge < -0.3 is 14.8 Å². The van der Waals surface area contributed by atoms with Crippen molar-refractivity contribution in [2.45, 2.75) is 25.3 Å². The highest BCUT2D eigenvalue weighted by molar-refractivity contribution is 7.16. The molecule has 2 aromatic carbocycles. The molecule has 2 heterocycles. The van der Waals surface area contributed by atoms with E-state index in [0.717, 1.165) is 22.6 Å². The first kappa shape index (κ1) is 19.8. The van der Waals surface area contributed by atoms with Gasteiger partial charge in [0.15, 0.2) is 16.6 Å². The molecule has 1 aromatic heterocycles. The molecule has 1 atom stereocenters. The van der Waals surface area contributed by atoms with Crippen LogP contribution in [0.4, 0.5) is 5.13 Å². The highest BCUT2D eigenvalue weighted by Gasteiger charge is 2.32. The van der Waals surface area contributed by atoms with Crippen molar-refractivity contribution in [3.8, 4) is 11.5 Å². The minimum absolute atomic E-state index is 0.0719. The number of nitrogens with one attached hydrogen (secondary N) is 2. The average molecular weight is 456 g/mol. The number of carbonyl (C=O) groups is 2. The number of fused-ring (bicyclic) bond motifs is 2. The SMILES string of the molecule is O=C(Nc1nc2c(s1)CCC2C(=O)NCc1ccc2c(c1)OCO2)c1ccc(Cl)cc1. The molecule has 7 nitrogen and oxygen atoms in total. The number of thiazole rings is 1. The zero-order valence-corrected chi connectivity index (χ0v) is 17.9. The van der Waals surface area contributed by atoms with Crippen LogP contribution >= 0.6 is 22.9 Å². The van der Waals surface area contributed by atoms with Crippen LogP contribution in [-0.2, 0) is 17.8 Å². The molecule has 9 heteroatoms. The number of nitrogens with zero attached hydrogens (tertiary/aromatic N) is 1. The molecule has 1 aliphatic carbocycles. The summed E-state index contributed by atoms with van der Waals surface area (Å²) in [5, 5.41) is 6.87. The zero-order valence-electron chi connectivity index (χ0n) is 16.3. The maximum atomic E-state index is 12.8. The Bertz CT molecular complexity index is 1160. The monoisotopic (exact) mass is 455 g/mol. The lowest BCUT2D eigenvalue weighted by Crippen LogP contribution is -2.28. The molecule has 3 aromatic rings. The fraction of sp³-hybridized carbons (Fsp3) is 0.227. The Hall–Kier alpha value is -3.10. The van der Waals surface area contributed by atoms with Crippen LogP contribution in [0.5, 0.6) is 11.5 Å². The van der Waals surface area contributed by atoms with Gasteiger partial charge in [0.2, 0.25) is 12.7 Å². The predicted molar refractivity (Wildman–Crippen MR) is 117 cm³/mol. The lowest BCUT2D eigenvalue weighted by molar-refractivity contribution is -0.122. The molecule has 0 spiro atoms. The number of hydrogen-bond donors (Lipinski definition) is 2. The largest absolute Gasteiger partial charge is 0.454 e. The first-order valence-corrected chi connectivity index (χ1v) is 11.0.